The summed E-state index contributed by atoms with van der Waals surface area (Å²) in [6.07, 6.45) is 6.52. The Balaban J connectivity index is 1.91. The molecular formula is C21H14ClN3O3S. The molecule has 0 unspecified atom stereocenters. The molecule has 0 amide bonds. The van der Waals surface area contributed by atoms with Gasteiger partial charge in [-0.05, 0) is 30.7 Å². The Hall–Kier alpha value is -3.29. The standard InChI is InChI=1S/C21H14ClN3O3S/c1-12-4-6-13(7-5-12)8-9-15-16(22)19(26)25-17(14-3-2-10-23-11-14)18(20(27)28)29-21(25)24-15/h2-11H,1H3,(H,27,28)/b9-8+. The first-order valence-electron chi connectivity index (χ1n) is 8.59. The first-order valence-corrected chi connectivity index (χ1v) is 9.78. The smallest absolute Gasteiger partial charge is 0.348 e. The van der Waals surface area contributed by atoms with Crippen molar-refractivity contribution in [3.8, 4) is 11.3 Å². The number of aromatic carboxylic acids is 1. The van der Waals surface area contributed by atoms with Crippen molar-refractivity contribution in [2.75, 3.05) is 0 Å². The summed E-state index contributed by atoms with van der Waals surface area (Å²) in [4.78, 5) is 33.5. The van der Waals surface area contributed by atoms with Crippen LogP contribution in [0, 0.1) is 6.92 Å². The molecule has 0 aliphatic rings. The minimum Gasteiger partial charge on any atom is -0.477 e. The molecule has 6 nitrogen and oxygen atoms in total. The third-order valence-corrected chi connectivity index (χ3v) is 5.68. The van der Waals surface area contributed by atoms with Crippen LogP contribution in [0.2, 0.25) is 5.02 Å². The Morgan fingerprint density at radius 1 is 1.21 bits per heavy atom. The molecule has 0 saturated carbocycles. The summed E-state index contributed by atoms with van der Waals surface area (Å²) in [6.45, 7) is 2.00. The van der Waals surface area contributed by atoms with Gasteiger partial charge in [-0.2, -0.15) is 0 Å². The Morgan fingerprint density at radius 2 is 1.97 bits per heavy atom. The maximum absolute atomic E-state index is 13.0. The van der Waals surface area contributed by atoms with E-state index in [9.17, 15) is 14.7 Å². The van der Waals surface area contributed by atoms with Crippen molar-refractivity contribution in [2.45, 2.75) is 6.92 Å². The van der Waals surface area contributed by atoms with Gasteiger partial charge in [-0.1, -0.05) is 58.8 Å². The maximum atomic E-state index is 13.0. The molecular weight excluding hydrogens is 410 g/mol. The number of nitrogens with zero attached hydrogens (tertiary/aromatic N) is 3. The number of rotatable bonds is 4. The maximum Gasteiger partial charge on any atom is 0.348 e. The number of aromatic nitrogens is 3. The molecule has 0 bridgehead atoms. The zero-order valence-electron chi connectivity index (χ0n) is 15.2. The molecule has 1 N–H and O–H groups in total. The minimum absolute atomic E-state index is 0.00155. The van der Waals surface area contributed by atoms with Gasteiger partial charge in [-0.25, -0.2) is 14.2 Å². The van der Waals surface area contributed by atoms with Crippen LogP contribution in [-0.4, -0.2) is 25.4 Å². The van der Waals surface area contributed by atoms with Crippen LogP contribution in [-0.2, 0) is 0 Å². The molecule has 0 saturated heterocycles. The Kier molecular flexibility index (Phi) is 5.00. The Bertz CT molecular complexity index is 1310. The highest BCUT2D eigenvalue weighted by molar-refractivity contribution is 7.19. The fourth-order valence-corrected chi connectivity index (χ4v) is 4.05. The molecule has 4 aromatic rings. The van der Waals surface area contributed by atoms with E-state index in [0.717, 1.165) is 22.5 Å². The molecule has 3 heterocycles. The minimum atomic E-state index is -1.15. The van der Waals surface area contributed by atoms with E-state index < -0.39 is 11.5 Å². The van der Waals surface area contributed by atoms with Crippen molar-refractivity contribution < 1.29 is 9.90 Å². The fraction of sp³-hybridized carbons (Fsp3) is 0.0476. The van der Waals surface area contributed by atoms with Crippen LogP contribution in [0.5, 0.6) is 0 Å². The van der Waals surface area contributed by atoms with E-state index in [-0.39, 0.29) is 26.2 Å². The largest absolute Gasteiger partial charge is 0.477 e. The molecule has 29 heavy (non-hydrogen) atoms. The number of thiazole rings is 1. The number of hydrogen-bond donors (Lipinski definition) is 1. The summed E-state index contributed by atoms with van der Waals surface area (Å²) >= 11 is 7.23. The molecule has 0 aliphatic heterocycles. The highest BCUT2D eigenvalue weighted by atomic mass is 35.5. The lowest BCUT2D eigenvalue weighted by Crippen LogP contribution is -2.17. The van der Waals surface area contributed by atoms with E-state index in [1.54, 1.807) is 30.5 Å². The first kappa shape index (κ1) is 19.0. The van der Waals surface area contributed by atoms with Gasteiger partial charge in [0.25, 0.3) is 5.56 Å². The lowest BCUT2D eigenvalue weighted by Gasteiger charge is -2.04. The molecule has 4 rings (SSSR count). The van der Waals surface area contributed by atoms with Gasteiger partial charge in [0, 0.05) is 18.0 Å². The third-order valence-electron chi connectivity index (χ3n) is 4.30. The van der Waals surface area contributed by atoms with Gasteiger partial charge in [0.1, 0.15) is 9.90 Å². The summed E-state index contributed by atoms with van der Waals surface area (Å²) in [5.74, 6) is -1.15. The summed E-state index contributed by atoms with van der Waals surface area (Å²) < 4.78 is 1.23. The van der Waals surface area contributed by atoms with Crippen LogP contribution in [0.1, 0.15) is 26.5 Å². The second-order valence-corrected chi connectivity index (χ2v) is 7.66. The molecule has 144 valence electrons. The summed E-state index contributed by atoms with van der Waals surface area (Å²) in [5, 5.41) is 9.55. The molecule has 0 atom stereocenters. The number of hydrogen-bond acceptors (Lipinski definition) is 5. The van der Waals surface area contributed by atoms with E-state index >= 15 is 0 Å². The van der Waals surface area contributed by atoms with Crippen molar-refractivity contribution >= 4 is 46.0 Å². The monoisotopic (exact) mass is 423 g/mol. The normalized spacial score (nSPS) is 11.4. The van der Waals surface area contributed by atoms with E-state index in [4.69, 9.17) is 11.6 Å². The van der Waals surface area contributed by atoms with Gasteiger partial charge in [-0.15, -0.1) is 0 Å². The SMILES string of the molecule is Cc1ccc(/C=C/c2nc3sc(C(=O)O)c(-c4cccnc4)n3c(=O)c2Cl)cc1. The van der Waals surface area contributed by atoms with Crippen molar-refractivity contribution in [2.24, 2.45) is 0 Å². The molecule has 3 aromatic heterocycles. The van der Waals surface area contributed by atoms with Crippen LogP contribution in [0.3, 0.4) is 0 Å². The quantitative estimate of drug-likeness (QED) is 0.516. The molecule has 0 spiro atoms. The lowest BCUT2D eigenvalue weighted by atomic mass is 10.1. The summed E-state index contributed by atoms with van der Waals surface area (Å²) in [7, 11) is 0. The van der Waals surface area contributed by atoms with Crippen molar-refractivity contribution in [1.29, 1.82) is 0 Å². The van der Waals surface area contributed by atoms with Crippen LogP contribution in [0.4, 0.5) is 0 Å². The van der Waals surface area contributed by atoms with Crippen LogP contribution >= 0.6 is 22.9 Å². The molecule has 1 aromatic carbocycles. The zero-order chi connectivity index (χ0) is 20.5. The van der Waals surface area contributed by atoms with Gasteiger partial charge >= 0.3 is 5.97 Å². The number of aryl methyl sites for hydroxylation is 1. The van der Waals surface area contributed by atoms with Crippen LogP contribution < -0.4 is 5.56 Å². The number of carboxylic acids is 1. The highest BCUT2D eigenvalue weighted by Gasteiger charge is 2.23. The zero-order valence-corrected chi connectivity index (χ0v) is 16.7. The van der Waals surface area contributed by atoms with Gasteiger partial charge in [0.2, 0.25) is 0 Å². The van der Waals surface area contributed by atoms with Gasteiger partial charge in [0.05, 0.1) is 11.4 Å². The molecule has 8 heteroatoms. The Morgan fingerprint density at radius 3 is 2.62 bits per heavy atom. The van der Waals surface area contributed by atoms with Crippen LogP contribution in [0.15, 0.2) is 53.6 Å². The van der Waals surface area contributed by atoms with E-state index in [2.05, 4.69) is 9.97 Å². The van der Waals surface area contributed by atoms with E-state index in [1.807, 2.05) is 31.2 Å². The van der Waals surface area contributed by atoms with Crippen LogP contribution in [0.25, 0.3) is 28.4 Å². The third kappa shape index (κ3) is 3.57. The number of carbonyl (C=O) groups is 1. The van der Waals surface area contributed by atoms with Crippen molar-refractivity contribution in [3.63, 3.8) is 0 Å². The summed E-state index contributed by atoms with van der Waals surface area (Å²) in [6, 6.07) is 11.2. The van der Waals surface area contributed by atoms with Gasteiger partial charge < -0.3 is 5.11 Å². The number of fused-ring (bicyclic) bond motifs is 1. The molecule has 0 aliphatic carbocycles. The van der Waals surface area contributed by atoms with E-state index in [1.165, 1.54) is 10.6 Å². The summed E-state index contributed by atoms with van der Waals surface area (Å²) in [5.41, 5.74) is 2.55. The van der Waals surface area contributed by atoms with Gasteiger partial charge in [-0.3, -0.25) is 9.78 Å². The highest BCUT2D eigenvalue weighted by Crippen LogP contribution is 2.31. The topological polar surface area (TPSA) is 84.6 Å². The first-order chi connectivity index (χ1) is 14.0. The predicted octanol–water partition coefficient (Wildman–Crippen LogP) is 4.65. The number of pyridine rings is 1. The number of carboxylic acid groups (broad SMARTS) is 1. The average molecular weight is 424 g/mol. The number of halogens is 1. The molecule has 0 radical (unpaired) electrons. The van der Waals surface area contributed by atoms with E-state index in [0.29, 0.717) is 5.56 Å². The Labute approximate surface area is 174 Å². The fourth-order valence-electron chi connectivity index (χ4n) is 2.87. The van der Waals surface area contributed by atoms with Crippen molar-refractivity contribution in [1.82, 2.24) is 14.4 Å². The average Bonchev–Trinajstić information content (AvgIpc) is 3.11. The van der Waals surface area contributed by atoms with Crippen molar-refractivity contribution in [3.05, 3.63) is 85.9 Å². The molecule has 0 fully saturated rings. The predicted molar refractivity (Wildman–Crippen MR) is 115 cm³/mol. The number of benzene rings is 1. The second-order valence-electron chi connectivity index (χ2n) is 6.30. The second kappa shape index (κ2) is 7.62. The van der Waals surface area contributed by atoms with Gasteiger partial charge in [0.15, 0.2) is 4.96 Å². The lowest BCUT2D eigenvalue weighted by molar-refractivity contribution is 0.0702.